The van der Waals surface area contributed by atoms with Gasteiger partial charge in [0.15, 0.2) is 0 Å². The predicted octanol–water partition coefficient (Wildman–Crippen LogP) is -0.720. The molecule has 0 N–H and O–H groups in total. The SMILES string of the molecule is O=[N+]([O-])[O-].O=[N+]([O-])[O-].O=[N+]([O-])[O-].[Cr+2]. The molecule has 0 atom stereocenters. The van der Waals surface area contributed by atoms with Gasteiger partial charge in [-0.05, 0) is 0 Å². The Kier molecular flexibility index (Phi) is 28.7. The molecule has 0 unspecified atom stereocenters. The fraction of sp³-hybridized carbons (Fsp3) is 0. The fourth-order valence-corrected chi connectivity index (χ4v) is 0. The van der Waals surface area contributed by atoms with E-state index in [1.807, 2.05) is 0 Å². The van der Waals surface area contributed by atoms with Crippen LogP contribution in [0, 0.1) is 46.0 Å². The minimum absolute atomic E-state index is 0. The Morgan fingerprint density at radius 3 is 0.538 bits per heavy atom. The minimum atomic E-state index is -1.75. The molecule has 0 bridgehead atoms. The van der Waals surface area contributed by atoms with E-state index in [1.165, 1.54) is 0 Å². The number of rotatable bonds is 0. The van der Waals surface area contributed by atoms with Crippen LogP contribution in [0.15, 0.2) is 0 Å². The van der Waals surface area contributed by atoms with Crippen LogP contribution >= 0.6 is 0 Å². The third kappa shape index (κ3) is 192. The van der Waals surface area contributed by atoms with Gasteiger partial charge in [-0.25, -0.2) is 0 Å². The van der Waals surface area contributed by atoms with Gasteiger partial charge in [-0.1, -0.05) is 0 Å². The van der Waals surface area contributed by atoms with Gasteiger partial charge in [0.05, 0.1) is 15.3 Å². The van der Waals surface area contributed by atoms with Crippen molar-refractivity contribution in [3.05, 3.63) is 46.0 Å². The fourth-order valence-electron chi connectivity index (χ4n) is 0. The summed E-state index contributed by atoms with van der Waals surface area (Å²) in [6.07, 6.45) is 0. The molecular formula is CrN3O9-. The molecule has 0 heterocycles. The first kappa shape index (κ1) is 22.5. The van der Waals surface area contributed by atoms with Gasteiger partial charge >= 0.3 is 17.4 Å². The minimum Gasteiger partial charge on any atom is -0.356 e. The van der Waals surface area contributed by atoms with Crippen molar-refractivity contribution in [3.8, 4) is 0 Å². The van der Waals surface area contributed by atoms with E-state index in [4.69, 9.17) is 46.0 Å². The van der Waals surface area contributed by atoms with Crippen LogP contribution in [0.25, 0.3) is 0 Å². The summed E-state index contributed by atoms with van der Waals surface area (Å²) in [5, 5.41) is 44.2. The molecule has 0 fully saturated rings. The molecule has 0 radical (unpaired) electrons. The van der Waals surface area contributed by atoms with Crippen molar-refractivity contribution in [1.82, 2.24) is 0 Å². The Morgan fingerprint density at radius 1 is 0.538 bits per heavy atom. The van der Waals surface area contributed by atoms with Gasteiger partial charge in [0.2, 0.25) is 0 Å². The van der Waals surface area contributed by atoms with Gasteiger partial charge in [-0.3, -0.25) is 0 Å². The maximum atomic E-state index is 8.25. The molecule has 0 amide bonds. The quantitative estimate of drug-likeness (QED) is 0.385. The van der Waals surface area contributed by atoms with Crippen molar-refractivity contribution in [1.29, 1.82) is 0 Å². The summed E-state index contributed by atoms with van der Waals surface area (Å²) in [7, 11) is 0. The predicted molar refractivity (Wildman–Crippen MR) is 31.1 cm³/mol. The summed E-state index contributed by atoms with van der Waals surface area (Å²) in [5.41, 5.74) is 0. The van der Waals surface area contributed by atoms with Gasteiger partial charge in [0.25, 0.3) is 0 Å². The summed E-state index contributed by atoms with van der Waals surface area (Å²) in [5.74, 6) is 0. The standard InChI is InChI=1S/Cr.3NO3/c;3*2-1(3)4/q+2;3*-1. The molecule has 0 aromatic carbocycles. The van der Waals surface area contributed by atoms with Crippen molar-refractivity contribution >= 4 is 0 Å². The summed E-state index contributed by atoms with van der Waals surface area (Å²) in [4.78, 5) is 24.8. The summed E-state index contributed by atoms with van der Waals surface area (Å²) < 4.78 is 0. The van der Waals surface area contributed by atoms with Crippen LogP contribution < -0.4 is 0 Å². The van der Waals surface area contributed by atoms with E-state index in [-0.39, 0.29) is 17.4 Å². The topological polar surface area (TPSA) is 199 Å². The molecular weight excluding hydrogens is 238 g/mol. The molecule has 13 heavy (non-hydrogen) atoms. The molecule has 0 aliphatic carbocycles. The average Bonchev–Trinajstić information content (AvgIpc) is 1.54. The van der Waals surface area contributed by atoms with Gasteiger partial charge in [-0.2, -0.15) is 0 Å². The van der Waals surface area contributed by atoms with Crippen LogP contribution in [0.5, 0.6) is 0 Å². The molecule has 13 heteroatoms. The van der Waals surface area contributed by atoms with Crippen LogP contribution in [0.4, 0.5) is 0 Å². The van der Waals surface area contributed by atoms with Gasteiger partial charge in [0, 0.05) is 0 Å². The first-order valence-corrected chi connectivity index (χ1v) is 1.64. The zero-order chi connectivity index (χ0) is 10.7. The third-order valence-electron chi connectivity index (χ3n) is 0. The van der Waals surface area contributed by atoms with Crippen molar-refractivity contribution in [2.24, 2.45) is 0 Å². The van der Waals surface area contributed by atoms with Crippen LogP contribution in [0.2, 0.25) is 0 Å². The molecule has 0 aliphatic rings. The van der Waals surface area contributed by atoms with E-state index in [0.29, 0.717) is 0 Å². The molecule has 0 spiro atoms. The number of hydrogen-bond acceptors (Lipinski definition) is 9. The molecule has 0 saturated carbocycles. The first-order chi connectivity index (χ1) is 5.20. The summed E-state index contributed by atoms with van der Waals surface area (Å²) >= 11 is 0. The van der Waals surface area contributed by atoms with Crippen LogP contribution in [0.1, 0.15) is 0 Å². The Labute approximate surface area is 79.5 Å². The molecule has 0 aromatic rings. The first-order valence-electron chi connectivity index (χ1n) is 1.64. The molecule has 0 saturated heterocycles. The number of hydrogen-bond donors (Lipinski definition) is 0. The van der Waals surface area contributed by atoms with E-state index in [1.54, 1.807) is 0 Å². The zero-order valence-electron chi connectivity index (χ0n) is 5.42. The van der Waals surface area contributed by atoms with E-state index in [0.717, 1.165) is 0 Å². The smallest absolute Gasteiger partial charge is 0.356 e. The van der Waals surface area contributed by atoms with Crippen LogP contribution in [-0.4, -0.2) is 15.3 Å². The summed E-state index contributed by atoms with van der Waals surface area (Å²) in [6, 6.07) is 0. The van der Waals surface area contributed by atoms with E-state index >= 15 is 0 Å². The maximum Gasteiger partial charge on any atom is 2.00 e. The largest absolute Gasteiger partial charge is 2.00 e. The van der Waals surface area contributed by atoms with Gasteiger partial charge in [0.1, 0.15) is 0 Å². The normalized spacial score (nSPS) is 5.54. The van der Waals surface area contributed by atoms with Crippen molar-refractivity contribution in [2.45, 2.75) is 0 Å². The van der Waals surface area contributed by atoms with E-state index < -0.39 is 15.3 Å². The zero-order valence-corrected chi connectivity index (χ0v) is 6.70. The van der Waals surface area contributed by atoms with Crippen LogP contribution in [0.3, 0.4) is 0 Å². The maximum absolute atomic E-state index is 8.25. The van der Waals surface area contributed by atoms with E-state index in [9.17, 15) is 0 Å². The van der Waals surface area contributed by atoms with Crippen molar-refractivity contribution in [2.75, 3.05) is 0 Å². The summed E-state index contributed by atoms with van der Waals surface area (Å²) in [6.45, 7) is 0. The molecule has 12 nitrogen and oxygen atoms in total. The Bertz CT molecular complexity index is 112. The van der Waals surface area contributed by atoms with Gasteiger partial charge in [-0.15, -0.1) is 0 Å². The third-order valence-corrected chi connectivity index (χ3v) is 0. The van der Waals surface area contributed by atoms with E-state index in [2.05, 4.69) is 0 Å². The Hall–Kier alpha value is -1.87. The van der Waals surface area contributed by atoms with Crippen molar-refractivity contribution < 1.29 is 32.6 Å². The Morgan fingerprint density at radius 2 is 0.538 bits per heavy atom. The van der Waals surface area contributed by atoms with Gasteiger partial charge < -0.3 is 46.0 Å². The number of nitrogens with zero attached hydrogens (tertiary/aromatic N) is 3. The second-order valence-corrected chi connectivity index (χ2v) is 0.671. The molecule has 0 aliphatic heterocycles. The van der Waals surface area contributed by atoms with Crippen LogP contribution in [-0.2, 0) is 17.4 Å². The molecule has 0 rings (SSSR count). The Balaban J connectivity index is -0.0000000450. The molecule has 76 valence electrons. The molecule has 0 aromatic heterocycles. The second-order valence-electron chi connectivity index (χ2n) is 0.671. The average molecular weight is 238 g/mol. The second kappa shape index (κ2) is 16.6. The monoisotopic (exact) mass is 238 g/mol. The van der Waals surface area contributed by atoms with Crippen molar-refractivity contribution in [3.63, 3.8) is 0 Å².